The van der Waals surface area contributed by atoms with Crippen molar-refractivity contribution in [1.29, 1.82) is 0 Å². The van der Waals surface area contributed by atoms with Gasteiger partial charge < -0.3 is 18.3 Å². The van der Waals surface area contributed by atoms with Crippen LogP contribution in [0.5, 0.6) is 0 Å². The van der Waals surface area contributed by atoms with E-state index in [0.29, 0.717) is 25.7 Å². The highest BCUT2D eigenvalue weighted by Gasteiger charge is 2.37. The fourth-order valence-corrected chi connectivity index (χ4v) is 3.85. The van der Waals surface area contributed by atoms with Crippen molar-refractivity contribution in [3.63, 3.8) is 0 Å². The van der Waals surface area contributed by atoms with Crippen LogP contribution in [0.4, 0.5) is 0 Å². The lowest BCUT2D eigenvalue weighted by molar-refractivity contribution is -0.138. The van der Waals surface area contributed by atoms with Gasteiger partial charge in [0.05, 0.1) is 13.2 Å². The van der Waals surface area contributed by atoms with E-state index in [1.807, 2.05) is 0 Å². The van der Waals surface area contributed by atoms with E-state index in [4.69, 9.17) is 18.3 Å². The molecule has 1 aliphatic rings. The molecule has 0 aliphatic carbocycles. The molecule has 0 aromatic carbocycles. The summed E-state index contributed by atoms with van der Waals surface area (Å²) in [6.07, 6.45) is 0.936. The Morgan fingerprint density at radius 1 is 1.28 bits per heavy atom. The molecule has 1 atom stereocenters. The molecule has 104 valence electrons. The van der Waals surface area contributed by atoms with Crippen LogP contribution >= 0.6 is 0 Å². The van der Waals surface area contributed by atoms with Crippen molar-refractivity contribution >= 4 is 20.5 Å². The molecule has 0 aromatic rings. The topological polar surface area (TPSA) is 74.4 Å². The van der Waals surface area contributed by atoms with Gasteiger partial charge in [-0.2, -0.15) is 0 Å². The summed E-state index contributed by atoms with van der Waals surface area (Å²) in [7, 11) is -2.75. The molecule has 0 N–H and O–H groups in total. The molecule has 0 aromatic heterocycles. The molecule has 0 radical (unpaired) electrons. The number of rotatable bonds is 8. The highest BCUT2D eigenvalue weighted by atomic mass is 28.4. The summed E-state index contributed by atoms with van der Waals surface area (Å²) in [5.74, 6) is -0.838. The smallest absolute Gasteiger partial charge is 0.461 e. The molecule has 1 fully saturated rings. The maximum Gasteiger partial charge on any atom is 0.461 e. The van der Waals surface area contributed by atoms with Crippen LogP contribution in [0.2, 0.25) is 12.6 Å². The second kappa shape index (κ2) is 6.86. The van der Waals surface area contributed by atoms with E-state index in [-0.39, 0.29) is 6.10 Å². The van der Waals surface area contributed by atoms with Gasteiger partial charge in [-0.15, -0.1) is 0 Å². The zero-order chi connectivity index (χ0) is 13.6. The zero-order valence-electron chi connectivity index (χ0n) is 11.1. The Morgan fingerprint density at radius 2 is 1.83 bits per heavy atom. The molecule has 0 bridgehead atoms. The van der Waals surface area contributed by atoms with Gasteiger partial charge in [-0.1, -0.05) is 0 Å². The van der Waals surface area contributed by atoms with Crippen LogP contribution < -0.4 is 0 Å². The molecule has 0 amide bonds. The highest BCUT2D eigenvalue weighted by molar-refractivity contribution is 6.69. The molecular formula is C11H20O6Si. The van der Waals surface area contributed by atoms with Gasteiger partial charge in [-0.05, 0) is 6.42 Å². The van der Waals surface area contributed by atoms with Crippen LogP contribution in [0, 0.1) is 0 Å². The number of ether oxygens (including phenoxy) is 2. The van der Waals surface area contributed by atoms with Gasteiger partial charge in [-0.25, -0.2) is 0 Å². The molecule has 1 aliphatic heterocycles. The average molecular weight is 276 g/mol. The fourth-order valence-electron chi connectivity index (χ4n) is 1.61. The third kappa shape index (κ3) is 6.73. The molecule has 0 saturated carbocycles. The molecule has 7 heteroatoms. The predicted molar refractivity (Wildman–Crippen MR) is 65.1 cm³/mol. The van der Waals surface area contributed by atoms with Gasteiger partial charge in [0.2, 0.25) is 0 Å². The Balaban J connectivity index is 2.24. The molecule has 1 saturated heterocycles. The third-order valence-electron chi connectivity index (χ3n) is 2.34. The Bertz CT molecular complexity index is 286. The molecular weight excluding hydrogens is 256 g/mol. The van der Waals surface area contributed by atoms with Crippen molar-refractivity contribution in [1.82, 2.24) is 0 Å². The summed E-state index contributed by atoms with van der Waals surface area (Å²) in [5, 5.41) is 0. The lowest BCUT2D eigenvalue weighted by Crippen LogP contribution is -2.41. The molecule has 0 spiro atoms. The van der Waals surface area contributed by atoms with Crippen molar-refractivity contribution in [3.8, 4) is 0 Å². The van der Waals surface area contributed by atoms with Crippen molar-refractivity contribution in [2.75, 3.05) is 19.8 Å². The van der Waals surface area contributed by atoms with Crippen LogP contribution in [0.15, 0.2) is 0 Å². The summed E-state index contributed by atoms with van der Waals surface area (Å²) in [6.45, 7) is 6.25. The Labute approximate surface area is 108 Å². The number of epoxide rings is 1. The lowest BCUT2D eigenvalue weighted by atomic mass is 10.5. The number of hydrogen-bond donors (Lipinski definition) is 0. The van der Waals surface area contributed by atoms with Crippen molar-refractivity contribution in [2.24, 2.45) is 0 Å². The number of hydrogen-bond acceptors (Lipinski definition) is 6. The first-order valence-corrected chi connectivity index (χ1v) is 8.52. The highest BCUT2D eigenvalue weighted by Crippen LogP contribution is 2.17. The average Bonchev–Trinajstić information content (AvgIpc) is 2.97. The summed E-state index contributed by atoms with van der Waals surface area (Å²) in [5.41, 5.74) is 0. The first kappa shape index (κ1) is 15.1. The molecule has 1 heterocycles. The molecule has 18 heavy (non-hydrogen) atoms. The van der Waals surface area contributed by atoms with Crippen LogP contribution in [-0.4, -0.2) is 46.4 Å². The largest absolute Gasteiger partial charge is 0.485 e. The minimum atomic E-state index is -2.75. The van der Waals surface area contributed by atoms with Crippen LogP contribution in [-0.2, 0) is 27.9 Å². The second-order valence-electron chi connectivity index (χ2n) is 4.45. The minimum Gasteiger partial charge on any atom is -0.485 e. The maximum absolute atomic E-state index is 11.0. The van der Waals surface area contributed by atoms with E-state index < -0.39 is 20.5 Å². The predicted octanol–water partition coefficient (Wildman–Crippen LogP) is 0.990. The van der Waals surface area contributed by atoms with E-state index in [0.717, 1.165) is 6.61 Å². The summed E-state index contributed by atoms with van der Waals surface area (Å²) in [4.78, 5) is 22.0. The van der Waals surface area contributed by atoms with E-state index >= 15 is 0 Å². The van der Waals surface area contributed by atoms with Crippen molar-refractivity contribution in [2.45, 2.75) is 39.0 Å². The first-order valence-electron chi connectivity index (χ1n) is 6.00. The lowest BCUT2D eigenvalue weighted by Gasteiger charge is -2.24. The minimum absolute atomic E-state index is 0.246. The zero-order valence-corrected chi connectivity index (χ0v) is 12.1. The maximum atomic E-state index is 11.0. The van der Waals surface area contributed by atoms with Gasteiger partial charge >= 0.3 is 8.56 Å². The first-order chi connectivity index (χ1) is 8.41. The van der Waals surface area contributed by atoms with Crippen molar-refractivity contribution in [3.05, 3.63) is 0 Å². The summed E-state index contributed by atoms with van der Waals surface area (Å²) < 4.78 is 20.7. The number of carbonyl (C=O) groups excluding carboxylic acids is 2. The van der Waals surface area contributed by atoms with Crippen molar-refractivity contribution < 1.29 is 27.9 Å². The van der Waals surface area contributed by atoms with Crippen LogP contribution in [0.1, 0.15) is 20.3 Å². The summed E-state index contributed by atoms with van der Waals surface area (Å²) in [6, 6.07) is 0.539. The molecule has 1 rings (SSSR count). The summed E-state index contributed by atoms with van der Waals surface area (Å²) >= 11 is 0. The van der Waals surface area contributed by atoms with Gasteiger partial charge in [0.25, 0.3) is 11.9 Å². The molecule has 1 unspecified atom stereocenters. The van der Waals surface area contributed by atoms with E-state index in [2.05, 4.69) is 0 Å². The Kier molecular flexibility index (Phi) is 5.77. The van der Waals surface area contributed by atoms with Crippen LogP contribution in [0.3, 0.4) is 0 Å². The van der Waals surface area contributed by atoms with E-state index in [1.165, 1.54) is 13.8 Å². The molecule has 6 nitrogen and oxygen atoms in total. The standard InChI is InChI=1S/C11H20O6Si/c1-9(12)16-18(3,17-10(2)13)6-4-5-14-7-11-8-15-11/h11H,4-8H2,1-3H3. The quantitative estimate of drug-likeness (QED) is 0.374. The van der Waals surface area contributed by atoms with Gasteiger partial charge in [0, 0.05) is 33.0 Å². The van der Waals surface area contributed by atoms with Gasteiger partial charge in [-0.3, -0.25) is 9.59 Å². The van der Waals surface area contributed by atoms with E-state index in [1.54, 1.807) is 6.55 Å². The van der Waals surface area contributed by atoms with Crippen LogP contribution in [0.25, 0.3) is 0 Å². The fraction of sp³-hybridized carbons (Fsp3) is 0.818. The second-order valence-corrected chi connectivity index (χ2v) is 7.63. The third-order valence-corrected chi connectivity index (χ3v) is 5.05. The van der Waals surface area contributed by atoms with Gasteiger partial charge in [0.15, 0.2) is 0 Å². The Hall–Kier alpha value is -0.923. The number of carbonyl (C=O) groups is 2. The van der Waals surface area contributed by atoms with Gasteiger partial charge in [0.1, 0.15) is 6.10 Å². The SMILES string of the molecule is CC(=O)O[Si](C)(CCCOCC1CO1)OC(C)=O. The monoisotopic (exact) mass is 276 g/mol. The Morgan fingerprint density at radius 3 is 2.28 bits per heavy atom. The normalized spacial score (nSPS) is 18.3. The van der Waals surface area contributed by atoms with E-state index in [9.17, 15) is 9.59 Å².